The van der Waals surface area contributed by atoms with Gasteiger partial charge in [0.1, 0.15) is 5.82 Å². The van der Waals surface area contributed by atoms with Crippen LogP contribution in [0.4, 0.5) is 5.82 Å². The van der Waals surface area contributed by atoms with Gasteiger partial charge in [-0.15, -0.1) is 0 Å². The van der Waals surface area contributed by atoms with Crippen molar-refractivity contribution in [2.75, 3.05) is 18.1 Å². The van der Waals surface area contributed by atoms with Gasteiger partial charge in [0, 0.05) is 37.8 Å². The van der Waals surface area contributed by atoms with Crippen molar-refractivity contribution in [2.45, 2.75) is 52.2 Å². The predicted octanol–water partition coefficient (Wildman–Crippen LogP) is 1.19. The highest BCUT2D eigenvalue weighted by atomic mass is 16.3. The highest BCUT2D eigenvalue weighted by Gasteiger charge is 2.24. The first-order chi connectivity index (χ1) is 9.04. The highest BCUT2D eigenvalue weighted by molar-refractivity contribution is 5.51. The van der Waals surface area contributed by atoms with Crippen LogP contribution in [0.5, 0.6) is 0 Å². The molecule has 1 heterocycles. The highest BCUT2D eigenvalue weighted by Crippen LogP contribution is 2.26. The van der Waals surface area contributed by atoms with E-state index in [-0.39, 0.29) is 6.61 Å². The number of aliphatic hydroxyl groups excluding tert-OH is 1. The number of nitrogens with zero attached hydrogens (tertiary/aromatic N) is 3. The fourth-order valence-corrected chi connectivity index (χ4v) is 2.51. The van der Waals surface area contributed by atoms with Gasteiger partial charge in [-0.3, -0.25) is 4.68 Å². The maximum absolute atomic E-state index is 9.28. The molecule has 5 heteroatoms. The van der Waals surface area contributed by atoms with Gasteiger partial charge in [-0.2, -0.15) is 5.10 Å². The second kappa shape index (κ2) is 5.92. The Balaban J connectivity index is 2.24. The molecule has 0 radical (unpaired) electrons. The van der Waals surface area contributed by atoms with Gasteiger partial charge in [-0.25, -0.2) is 0 Å². The van der Waals surface area contributed by atoms with E-state index in [4.69, 9.17) is 0 Å². The second-order valence-electron chi connectivity index (χ2n) is 5.68. The zero-order valence-corrected chi connectivity index (χ0v) is 12.5. The molecular formula is C14H26N4O. The molecule has 5 nitrogen and oxygen atoms in total. The van der Waals surface area contributed by atoms with Crippen LogP contribution in [0.25, 0.3) is 0 Å². The Kier molecular flexibility index (Phi) is 4.47. The Morgan fingerprint density at radius 1 is 1.47 bits per heavy atom. The Labute approximate surface area is 115 Å². The topological polar surface area (TPSA) is 53.3 Å². The van der Waals surface area contributed by atoms with Crippen LogP contribution >= 0.6 is 0 Å². The Morgan fingerprint density at radius 2 is 2.16 bits per heavy atom. The fraction of sp³-hybridized carbons (Fsp3) is 0.786. The smallest absolute Gasteiger partial charge is 0.131 e. The van der Waals surface area contributed by atoms with Crippen LogP contribution < -0.4 is 10.2 Å². The Hall–Kier alpha value is -1.07. The van der Waals surface area contributed by atoms with Crippen LogP contribution in [-0.4, -0.2) is 40.1 Å². The zero-order chi connectivity index (χ0) is 14.0. The lowest BCUT2D eigenvalue weighted by Crippen LogP contribution is -2.36. The van der Waals surface area contributed by atoms with Gasteiger partial charge in [-0.1, -0.05) is 0 Å². The van der Waals surface area contributed by atoms with Crippen LogP contribution in [-0.2, 0) is 13.6 Å². The van der Waals surface area contributed by atoms with Crippen molar-refractivity contribution in [1.82, 2.24) is 15.1 Å². The number of anilines is 1. The summed E-state index contributed by atoms with van der Waals surface area (Å²) in [4.78, 5) is 2.23. The SMILES string of the molecule is Cc1nn(C)c(N(CCO)C(C)C)c1CNC1CC1. The summed E-state index contributed by atoms with van der Waals surface area (Å²) in [5.41, 5.74) is 2.34. The summed E-state index contributed by atoms with van der Waals surface area (Å²) in [6.07, 6.45) is 2.58. The van der Waals surface area contributed by atoms with E-state index < -0.39 is 0 Å². The van der Waals surface area contributed by atoms with Gasteiger partial charge >= 0.3 is 0 Å². The summed E-state index contributed by atoms with van der Waals surface area (Å²) < 4.78 is 1.94. The Bertz CT molecular complexity index is 423. The van der Waals surface area contributed by atoms with E-state index in [1.165, 1.54) is 18.4 Å². The predicted molar refractivity (Wildman–Crippen MR) is 77.4 cm³/mol. The van der Waals surface area contributed by atoms with Crippen molar-refractivity contribution < 1.29 is 5.11 Å². The van der Waals surface area contributed by atoms with Gasteiger partial charge in [-0.05, 0) is 33.6 Å². The summed E-state index contributed by atoms with van der Waals surface area (Å²) in [7, 11) is 1.98. The van der Waals surface area contributed by atoms with Crippen molar-refractivity contribution in [2.24, 2.45) is 7.05 Å². The molecule has 0 saturated heterocycles. The monoisotopic (exact) mass is 266 g/mol. The molecular weight excluding hydrogens is 240 g/mol. The lowest BCUT2D eigenvalue weighted by molar-refractivity contribution is 0.298. The minimum Gasteiger partial charge on any atom is -0.395 e. The number of aromatic nitrogens is 2. The summed E-state index contributed by atoms with van der Waals surface area (Å²) in [6, 6.07) is 1.04. The molecule has 1 aliphatic rings. The molecule has 19 heavy (non-hydrogen) atoms. The van der Waals surface area contributed by atoms with E-state index in [1.54, 1.807) is 0 Å². The van der Waals surface area contributed by atoms with Gasteiger partial charge in [0.15, 0.2) is 0 Å². The first-order valence-corrected chi connectivity index (χ1v) is 7.18. The fourth-order valence-electron chi connectivity index (χ4n) is 2.51. The van der Waals surface area contributed by atoms with Crippen LogP contribution in [0.3, 0.4) is 0 Å². The summed E-state index contributed by atoms with van der Waals surface area (Å²) in [5, 5.41) is 17.4. The zero-order valence-electron chi connectivity index (χ0n) is 12.5. The first kappa shape index (κ1) is 14.3. The summed E-state index contributed by atoms with van der Waals surface area (Å²) in [6.45, 7) is 8.04. The van der Waals surface area contributed by atoms with Crippen LogP contribution in [0.1, 0.15) is 37.9 Å². The first-order valence-electron chi connectivity index (χ1n) is 7.18. The summed E-state index contributed by atoms with van der Waals surface area (Å²) in [5.74, 6) is 1.13. The van der Waals surface area contributed by atoms with Crippen molar-refractivity contribution in [1.29, 1.82) is 0 Å². The lowest BCUT2D eigenvalue weighted by atomic mass is 10.2. The number of aliphatic hydroxyl groups is 1. The van der Waals surface area contributed by atoms with E-state index in [9.17, 15) is 5.11 Å². The average Bonchev–Trinajstić information content (AvgIpc) is 3.11. The average molecular weight is 266 g/mol. The maximum atomic E-state index is 9.28. The maximum Gasteiger partial charge on any atom is 0.131 e. The minimum absolute atomic E-state index is 0.165. The van der Waals surface area contributed by atoms with E-state index in [0.29, 0.717) is 18.6 Å². The van der Waals surface area contributed by atoms with E-state index in [2.05, 4.69) is 36.1 Å². The molecule has 108 valence electrons. The quantitative estimate of drug-likeness (QED) is 0.778. The molecule has 0 aliphatic heterocycles. The van der Waals surface area contributed by atoms with Crippen LogP contribution in [0, 0.1) is 6.92 Å². The van der Waals surface area contributed by atoms with E-state index >= 15 is 0 Å². The number of rotatable bonds is 7. The third-order valence-electron chi connectivity index (χ3n) is 3.69. The molecule has 0 aromatic carbocycles. The molecule has 0 spiro atoms. The normalized spacial score (nSPS) is 15.3. The minimum atomic E-state index is 0.165. The molecule has 2 rings (SSSR count). The van der Waals surface area contributed by atoms with Crippen molar-refractivity contribution >= 4 is 5.82 Å². The molecule has 1 aromatic rings. The van der Waals surface area contributed by atoms with Gasteiger partial charge in [0.05, 0.1) is 12.3 Å². The summed E-state index contributed by atoms with van der Waals surface area (Å²) >= 11 is 0. The van der Waals surface area contributed by atoms with Crippen molar-refractivity contribution in [3.8, 4) is 0 Å². The van der Waals surface area contributed by atoms with Crippen molar-refractivity contribution in [3.63, 3.8) is 0 Å². The molecule has 0 bridgehead atoms. The molecule has 0 unspecified atom stereocenters. The van der Waals surface area contributed by atoms with E-state index in [0.717, 1.165) is 18.1 Å². The number of hydrogen-bond acceptors (Lipinski definition) is 4. The van der Waals surface area contributed by atoms with E-state index in [1.807, 2.05) is 11.7 Å². The molecule has 1 aliphatic carbocycles. The number of aryl methyl sites for hydroxylation is 2. The molecule has 2 N–H and O–H groups in total. The number of nitrogens with one attached hydrogen (secondary N) is 1. The number of hydrogen-bond donors (Lipinski definition) is 2. The molecule has 1 fully saturated rings. The van der Waals surface area contributed by atoms with Crippen molar-refractivity contribution in [3.05, 3.63) is 11.3 Å². The third kappa shape index (κ3) is 3.28. The molecule has 1 aromatic heterocycles. The van der Waals surface area contributed by atoms with Gasteiger partial charge < -0.3 is 15.3 Å². The van der Waals surface area contributed by atoms with Crippen LogP contribution in [0.2, 0.25) is 0 Å². The molecule has 1 saturated carbocycles. The standard InChI is InChI=1S/C14H26N4O/c1-10(2)18(7-8-19)14-13(9-15-12-5-6-12)11(3)16-17(14)4/h10,12,15,19H,5-9H2,1-4H3. The largest absolute Gasteiger partial charge is 0.395 e. The molecule has 0 amide bonds. The Morgan fingerprint density at radius 3 is 2.68 bits per heavy atom. The lowest BCUT2D eigenvalue weighted by Gasteiger charge is -2.29. The molecule has 0 atom stereocenters. The van der Waals surface area contributed by atoms with Gasteiger partial charge in [0.2, 0.25) is 0 Å². The van der Waals surface area contributed by atoms with Gasteiger partial charge in [0.25, 0.3) is 0 Å². The second-order valence-corrected chi connectivity index (χ2v) is 5.68. The van der Waals surface area contributed by atoms with Crippen LogP contribution in [0.15, 0.2) is 0 Å². The third-order valence-corrected chi connectivity index (χ3v) is 3.69.